The van der Waals surface area contributed by atoms with Gasteiger partial charge in [0.2, 0.25) is 5.91 Å². The minimum atomic E-state index is 0.131. The molecule has 3 heterocycles. The molecule has 3 saturated heterocycles. The molecule has 1 aromatic carbocycles. The highest BCUT2D eigenvalue weighted by Gasteiger charge is 2.31. The molecule has 5 heteroatoms. The lowest BCUT2D eigenvalue weighted by atomic mass is 10.1. The lowest BCUT2D eigenvalue weighted by molar-refractivity contribution is -0.121. The van der Waals surface area contributed by atoms with Crippen molar-refractivity contribution in [2.45, 2.75) is 36.5 Å². The summed E-state index contributed by atoms with van der Waals surface area (Å²) in [5.74, 6) is 0.131. The largest absolute Gasteiger partial charge is 0.354 e. The lowest BCUT2D eigenvalue weighted by Gasteiger charge is -2.47. The molecule has 126 valence electrons. The fourth-order valence-corrected chi connectivity index (χ4v) is 4.19. The van der Waals surface area contributed by atoms with Crippen molar-refractivity contribution < 1.29 is 4.79 Å². The molecule has 23 heavy (non-hydrogen) atoms. The minimum absolute atomic E-state index is 0.131. The molecule has 0 radical (unpaired) electrons. The highest BCUT2D eigenvalue weighted by Crippen LogP contribution is 2.23. The van der Waals surface area contributed by atoms with Crippen molar-refractivity contribution >= 4 is 17.7 Å². The molecule has 0 saturated carbocycles. The van der Waals surface area contributed by atoms with Gasteiger partial charge in [0, 0.05) is 55.5 Å². The second kappa shape index (κ2) is 7.69. The Labute approximate surface area is 143 Å². The van der Waals surface area contributed by atoms with E-state index >= 15 is 0 Å². The standard InChI is InChI=1S/C18H27N3OS/c1-14(2)23-17-5-3-15(4-6-17)11-18(22)19-12-16-13-20-7-9-21(16)10-8-20/h3-6,14,16H,7-13H2,1-2H3,(H,19,22). The molecular weight excluding hydrogens is 306 g/mol. The number of nitrogens with one attached hydrogen (secondary N) is 1. The fraction of sp³-hybridized carbons (Fsp3) is 0.611. The normalized spacial score (nSPS) is 26.5. The van der Waals surface area contributed by atoms with E-state index in [9.17, 15) is 4.79 Å². The van der Waals surface area contributed by atoms with E-state index in [4.69, 9.17) is 0 Å². The average Bonchev–Trinajstić information content (AvgIpc) is 2.55. The van der Waals surface area contributed by atoms with Crippen molar-refractivity contribution in [3.63, 3.8) is 0 Å². The summed E-state index contributed by atoms with van der Waals surface area (Å²) in [5.41, 5.74) is 1.09. The van der Waals surface area contributed by atoms with Crippen molar-refractivity contribution in [1.29, 1.82) is 0 Å². The predicted molar refractivity (Wildman–Crippen MR) is 95.9 cm³/mol. The Kier molecular flexibility index (Phi) is 5.62. The highest BCUT2D eigenvalue weighted by molar-refractivity contribution is 7.99. The zero-order chi connectivity index (χ0) is 16.2. The number of nitrogens with zero attached hydrogens (tertiary/aromatic N) is 2. The third-order valence-electron chi connectivity index (χ3n) is 4.59. The van der Waals surface area contributed by atoms with E-state index in [-0.39, 0.29) is 5.91 Å². The first-order valence-corrected chi connectivity index (χ1v) is 9.47. The molecule has 1 N–H and O–H groups in total. The van der Waals surface area contributed by atoms with Crippen LogP contribution in [-0.4, -0.2) is 66.3 Å². The summed E-state index contributed by atoms with van der Waals surface area (Å²) < 4.78 is 0. The van der Waals surface area contributed by atoms with Crippen LogP contribution in [0.5, 0.6) is 0 Å². The monoisotopic (exact) mass is 333 g/mol. The quantitative estimate of drug-likeness (QED) is 0.806. The van der Waals surface area contributed by atoms with Crippen LogP contribution in [0.2, 0.25) is 0 Å². The molecule has 1 aromatic rings. The Morgan fingerprint density at radius 1 is 1.22 bits per heavy atom. The van der Waals surface area contributed by atoms with Gasteiger partial charge in [0.25, 0.3) is 0 Å². The van der Waals surface area contributed by atoms with Gasteiger partial charge in [-0.05, 0) is 17.7 Å². The smallest absolute Gasteiger partial charge is 0.224 e. The minimum Gasteiger partial charge on any atom is -0.354 e. The molecule has 1 atom stereocenters. The Morgan fingerprint density at radius 3 is 2.48 bits per heavy atom. The molecule has 2 bridgehead atoms. The number of carbonyl (C=O) groups excluding carboxylic acids is 1. The van der Waals surface area contributed by atoms with Gasteiger partial charge in [-0.1, -0.05) is 26.0 Å². The molecule has 0 aromatic heterocycles. The summed E-state index contributed by atoms with van der Waals surface area (Å²) in [6.07, 6.45) is 0.475. The summed E-state index contributed by atoms with van der Waals surface area (Å²) >= 11 is 1.85. The van der Waals surface area contributed by atoms with Crippen molar-refractivity contribution in [2.75, 3.05) is 39.3 Å². The molecule has 3 fully saturated rings. The Bertz CT molecular complexity index is 524. The van der Waals surface area contributed by atoms with Crippen molar-refractivity contribution in [2.24, 2.45) is 0 Å². The maximum atomic E-state index is 12.2. The SMILES string of the molecule is CC(C)Sc1ccc(CC(=O)NCC2CN3CCN2CC3)cc1. The van der Waals surface area contributed by atoms with E-state index in [2.05, 4.69) is 53.2 Å². The van der Waals surface area contributed by atoms with E-state index in [1.165, 1.54) is 18.0 Å². The summed E-state index contributed by atoms with van der Waals surface area (Å²) in [5, 5.41) is 3.70. The summed E-state index contributed by atoms with van der Waals surface area (Å²) in [6.45, 7) is 10.9. The van der Waals surface area contributed by atoms with Crippen LogP contribution in [0.25, 0.3) is 0 Å². The van der Waals surface area contributed by atoms with Crippen LogP contribution in [-0.2, 0) is 11.2 Å². The zero-order valence-corrected chi connectivity index (χ0v) is 14.9. The van der Waals surface area contributed by atoms with Crippen LogP contribution in [0.15, 0.2) is 29.2 Å². The molecule has 1 unspecified atom stereocenters. The Morgan fingerprint density at radius 2 is 1.91 bits per heavy atom. The third-order valence-corrected chi connectivity index (χ3v) is 5.60. The van der Waals surface area contributed by atoms with Gasteiger partial charge in [-0.3, -0.25) is 14.6 Å². The summed E-state index contributed by atoms with van der Waals surface area (Å²) in [4.78, 5) is 18.5. The second-order valence-corrected chi connectivity index (χ2v) is 8.43. The first kappa shape index (κ1) is 16.8. The van der Waals surface area contributed by atoms with E-state index in [1.807, 2.05) is 11.8 Å². The van der Waals surface area contributed by atoms with Gasteiger partial charge in [0.05, 0.1) is 6.42 Å². The van der Waals surface area contributed by atoms with Crippen LogP contribution < -0.4 is 5.32 Å². The lowest BCUT2D eigenvalue weighted by Crippen LogP contribution is -2.63. The predicted octanol–water partition coefficient (Wildman–Crippen LogP) is 1.85. The number of piperazine rings is 3. The summed E-state index contributed by atoms with van der Waals surface area (Å²) in [6, 6.07) is 8.87. The van der Waals surface area contributed by atoms with Gasteiger partial charge >= 0.3 is 0 Å². The van der Waals surface area contributed by atoms with Crippen LogP contribution in [0, 0.1) is 0 Å². The van der Waals surface area contributed by atoms with Gasteiger partial charge < -0.3 is 5.32 Å². The van der Waals surface area contributed by atoms with E-state index in [1.54, 1.807) is 0 Å². The Hall–Kier alpha value is -1.04. The van der Waals surface area contributed by atoms with Crippen molar-refractivity contribution in [1.82, 2.24) is 15.1 Å². The molecule has 3 aliphatic heterocycles. The molecule has 4 rings (SSSR count). The van der Waals surface area contributed by atoms with Gasteiger partial charge in [0.1, 0.15) is 0 Å². The zero-order valence-electron chi connectivity index (χ0n) is 14.1. The van der Waals surface area contributed by atoms with E-state index in [0.717, 1.165) is 31.7 Å². The molecule has 0 spiro atoms. The summed E-state index contributed by atoms with van der Waals surface area (Å²) in [7, 11) is 0. The van der Waals surface area contributed by atoms with Gasteiger partial charge in [-0.2, -0.15) is 0 Å². The number of rotatable bonds is 6. The Balaban J connectivity index is 1.44. The molecular formula is C18H27N3OS. The number of hydrogen-bond acceptors (Lipinski definition) is 4. The first-order chi connectivity index (χ1) is 11.1. The van der Waals surface area contributed by atoms with E-state index in [0.29, 0.717) is 17.7 Å². The van der Waals surface area contributed by atoms with Gasteiger partial charge in [-0.25, -0.2) is 0 Å². The fourth-order valence-electron chi connectivity index (χ4n) is 3.36. The second-order valence-electron chi connectivity index (χ2n) is 6.78. The maximum absolute atomic E-state index is 12.2. The number of thioether (sulfide) groups is 1. The number of hydrogen-bond donors (Lipinski definition) is 1. The number of carbonyl (C=O) groups is 1. The van der Waals surface area contributed by atoms with Crippen LogP contribution in [0.1, 0.15) is 19.4 Å². The molecule has 1 amide bonds. The maximum Gasteiger partial charge on any atom is 0.224 e. The number of fused-ring (bicyclic) bond motifs is 3. The molecule has 3 aliphatic rings. The van der Waals surface area contributed by atoms with Gasteiger partial charge in [-0.15, -0.1) is 11.8 Å². The average molecular weight is 334 g/mol. The van der Waals surface area contributed by atoms with Crippen molar-refractivity contribution in [3.05, 3.63) is 29.8 Å². The number of amides is 1. The van der Waals surface area contributed by atoms with Crippen LogP contribution >= 0.6 is 11.8 Å². The molecule has 4 nitrogen and oxygen atoms in total. The highest BCUT2D eigenvalue weighted by atomic mass is 32.2. The molecule has 0 aliphatic carbocycles. The third kappa shape index (κ3) is 4.72. The van der Waals surface area contributed by atoms with E-state index < -0.39 is 0 Å². The first-order valence-electron chi connectivity index (χ1n) is 8.59. The topological polar surface area (TPSA) is 35.6 Å². The van der Waals surface area contributed by atoms with Crippen LogP contribution in [0.3, 0.4) is 0 Å². The van der Waals surface area contributed by atoms with Gasteiger partial charge in [0.15, 0.2) is 0 Å². The number of benzene rings is 1. The van der Waals surface area contributed by atoms with Crippen molar-refractivity contribution in [3.8, 4) is 0 Å². The van der Waals surface area contributed by atoms with Crippen LogP contribution in [0.4, 0.5) is 0 Å².